The Kier molecular flexibility index (Phi) is 6.80. The van der Waals surface area contributed by atoms with E-state index in [4.69, 9.17) is 0 Å². The largest absolute Gasteiger partial charge is 0.416 e. The summed E-state index contributed by atoms with van der Waals surface area (Å²) in [5.41, 5.74) is 1.93. The molecule has 140 valence electrons. The summed E-state index contributed by atoms with van der Waals surface area (Å²) < 4.78 is 37.8. The summed E-state index contributed by atoms with van der Waals surface area (Å²) in [6.07, 6.45) is -4.32. The number of carbonyl (C=O) groups excluding carboxylic acids is 1. The molecule has 0 saturated heterocycles. The van der Waals surface area contributed by atoms with Gasteiger partial charge in [-0.15, -0.1) is 0 Å². The zero-order valence-corrected chi connectivity index (χ0v) is 14.9. The maximum atomic E-state index is 12.6. The maximum absolute atomic E-state index is 12.6. The number of nitrogens with zero attached hydrogens (tertiary/aromatic N) is 1. The van der Waals surface area contributed by atoms with Gasteiger partial charge >= 0.3 is 6.18 Å². The van der Waals surface area contributed by atoms with Crippen molar-refractivity contribution >= 4 is 5.91 Å². The molecule has 1 N–H and O–H groups in total. The van der Waals surface area contributed by atoms with Crippen molar-refractivity contribution in [2.75, 3.05) is 19.6 Å². The summed E-state index contributed by atoms with van der Waals surface area (Å²) in [4.78, 5) is 13.7. The summed E-state index contributed by atoms with van der Waals surface area (Å²) >= 11 is 0. The van der Waals surface area contributed by atoms with Crippen LogP contribution in [0.15, 0.2) is 48.5 Å². The molecule has 0 bridgehead atoms. The van der Waals surface area contributed by atoms with Crippen molar-refractivity contribution in [1.29, 1.82) is 0 Å². The first-order valence-corrected chi connectivity index (χ1v) is 8.60. The van der Waals surface area contributed by atoms with E-state index in [-0.39, 0.29) is 12.5 Å². The van der Waals surface area contributed by atoms with Gasteiger partial charge in [0.15, 0.2) is 0 Å². The number of rotatable bonds is 7. The lowest BCUT2D eigenvalue weighted by Gasteiger charge is -2.18. The van der Waals surface area contributed by atoms with E-state index >= 15 is 0 Å². The van der Waals surface area contributed by atoms with Crippen LogP contribution in [-0.2, 0) is 17.5 Å². The van der Waals surface area contributed by atoms with Gasteiger partial charge < -0.3 is 10.2 Å². The van der Waals surface area contributed by atoms with Gasteiger partial charge in [0.1, 0.15) is 0 Å². The number of benzene rings is 2. The summed E-state index contributed by atoms with van der Waals surface area (Å²) in [6, 6.07) is 12.7. The Bertz CT molecular complexity index is 705. The highest BCUT2D eigenvalue weighted by molar-refractivity contribution is 5.78. The first-order chi connectivity index (χ1) is 12.3. The number of amides is 1. The van der Waals surface area contributed by atoms with E-state index < -0.39 is 11.7 Å². The summed E-state index contributed by atoms with van der Waals surface area (Å²) in [6.45, 7) is 6.11. The minimum atomic E-state index is -4.32. The van der Waals surface area contributed by atoms with Gasteiger partial charge in [-0.3, -0.25) is 4.79 Å². The van der Waals surface area contributed by atoms with Crippen LogP contribution in [0.2, 0.25) is 0 Å². The highest BCUT2D eigenvalue weighted by Crippen LogP contribution is 2.31. The molecule has 1 amide bonds. The minimum absolute atomic E-state index is 0.0661. The molecule has 26 heavy (non-hydrogen) atoms. The van der Waals surface area contributed by atoms with Crippen LogP contribution in [0.4, 0.5) is 13.2 Å². The number of hydrogen-bond acceptors (Lipinski definition) is 2. The second-order valence-corrected chi connectivity index (χ2v) is 5.94. The zero-order chi connectivity index (χ0) is 19.2. The molecule has 0 aliphatic rings. The quantitative estimate of drug-likeness (QED) is 0.793. The molecule has 3 nitrogen and oxygen atoms in total. The number of nitrogens with one attached hydrogen (secondary N) is 1. The molecule has 0 aromatic heterocycles. The van der Waals surface area contributed by atoms with Gasteiger partial charge in [-0.2, -0.15) is 13.2 Å². The predicted molar refractivity (Wildman–Crippen MR) is 96.5 cm³/mol. The maximum Gasteiger partial charge on any atom is 0.416 e. The Balaban J connectivity index is 1.93. The molecule has 0 saturated carbocycles. The van der Waals surface area contributed by atoms with Gasteiger partial charge in [0.2, 0.25) is 5.91 Å². The SMILES string of the molecule is CCN(CC)C(=O)CNCc1ccc(-c2ccc(C(F)(F)F)cc2)cc1. The first-order valence-electron chi connectivity index (χ1n) is 8.60. The summed E-state index contributed by atoms with van der Waals surface area (Å²) in [7, 11) is 0. The minimum Gasteiger partial charge on any atom is -0.342 e. The fourth-order valence-corrected chi connectivity index (χ4v) is 2.67. The number of alkyl halides is 3. The van der Waals surface area contributed by atoms with Crippen LogP contribution in [0.3, 0.4) is 0 Å². The number of hydrogen-bond donors (Lipinski definition) is 1. The third-order valence-electron chi connectivity index (χ3n) is 4.22. The number of halogens is 3. The first kappa shape index (κ1) is 20.0. The Morgan fingerprint density at radius 1 is 0.923 bits per heavy atom. The average molecular weight is 364 g/mol. The van der Waals surface area contributed by atoms with Crippen molar-refractivity contribution in [3.8, 4) is 11.1 Å². The van der Waals surface area contributed by atoms with E-state index in [9.17, 15) is 18.0 Å². The Morgan fingerprint density at radius 3 is 1.88 bits per heavy atom. The highest BCUT2D eigenvalue weighted by atomic mass is 19.4. The highest BCUT2D eigenvalue weighted by Gasteiger charge is 2.29. The zero-order valence-electron chi connectivity index (χ0n) is 14.9. The Labute approximate surface area is 151 Å². The molecule has 0 atom stereocenters. The van der Waals surface area contributed by atoms with Gasteiger partial charge in [0, 0.05) is 19.6 Å². The van der Waals surface area contributed by atoms with Crippen LogP contribution in [-0.4, -0.2) is 30.4 Å². The van der Waals surface area contributed by atoms with E-state index in [0.717, 1.165) is 28.8 Å². The lowest BCUT2D eigenvalue weighted by molar-refractivity contribution is -0.137. The van der Waals surface area contributed by atoms with Crippen molar-refractivity contribution < 1.29 is 18.0 Å². The van der Waals surface area contributed by atoms with E-state index in [2.05, 4.69) is 5.32 Å². The Morgan fingerprint density at radius 2 is 1.42 bits per heavy atom. The fraction of sp³-hybridized carbons (Fsp3) is 0.350. The molecule has 2 aromatic rings. The lowest BCUT2D eigenvalue weighted by atomic mass is 10.0. The van der Waals surface area contributed by atoms with Crippen LogP contribution in [0.1, 0.15) is 25.0 Å². The molecule has 2 aromatic carbocycles. The predicted octanol–water partition coefficient (Wildman–Crippen LogP) is 4.33. The molecule has 6 heteroatoms. The third kappa shape index (κ3) is 5.33. The van der Waals surface area contributed by atoms with Gasteiger partial charge in [0.05, 0.1) is 12.1 Å². The van der Waals surface area contributed by atoms with Crippen LogP contribution >= 0.6 is 0 Å². The van der Waals surface area contributed by atoms with E-state index in [0.29, 0.717) is 19.6 Å². The summed E-state index contributed by atoms with van der Waals surface area (Å²) in [5.74, 6) is 0.0661. The smallest absolute Gasteiger partial charge is 0.342 e. The molecule has 0 unspecified atom stereocenters. The molecule has 0 aliphatic heterocycles. The second kappa shape index (κ2) is 8.85. The van der Waals surface area contributed by atoms with Gasteiger partial charge in [-0.1, -0.05) is 36.4 Å². The van der Waals surface area contributed by atoms with Crippen LogP contribution in [0.5, 0.6) is 0 Å². The standard InChI is InChI=1S/C20H23F3N2O/c1-3-25(4-2)19(26)14-24-13-15-5-7-16(8-6-15)17-9-11-18(12-10-17)20(21,22)23/h5-12,24H,3-4,13-14H2,1-2H3. The van der Waals surface area contributed by atoms with Crippen molar-refractivity contribution in [2.24, 2.45) is 0 Å². The van der Waals surface area contributed by atoms with Crippen molar-refractivity contribution in [2.45, 2.75) is 26.6 Å². The molecule has 0 spiro atoms. The van der Waals surface area contributed by atoms with E-state index in [1.165, 1.54) is 12.1 Å². The molecule has 0 aliphatic carbocycles. The van der Waals surface area contributed by atoms with Crippen LogP contribution in [0.25, 0.3) is 11.1 Å². The van der Waals surface area contributed by atoms with E-state index in [1.54, 1.807) is 4.90 Å². The molecular weight excluding hydrogens is 341 g/mol. The monoisotopic (exact) mass is 364 g/mol. The topological polar surface area (TPSA) is 32.3 Å². The third-order valence-corrected chi connectivity index (χ3v) is 4.22. The van der Waals surface area contributed by atoms with Gasteiger partial charge in [-0.25, -0.2) is 0 Å². The summed E-state index contributed by atoms with van der Waals surface area (Å²) in [5, 5.41) is 3.12. The van der Waals surface area contributed by atoms with Crippen molar-refractivity contribution in [3.63, 3.8) is 0 Å². The van der Waals surface area contributed by atoms with Gasteiger partial charge in [0.25, 0.3) is 0 Å². The number of likely N-dealkylation sites (N-methyl/N-ethyl adjacent to an activating group) is 1. The molecule has 0 fully saturated rings. The van der Waals surface area contributed by atoms with Crippen LogP contribution < -0.4 is 5.32 Å². The lowest BCUT2D eigenvalue weighted by Crippen LogP contribution is -2.37. The molecule has 0 heterocycles. The van der Waals surface area contributed by atoms with Crippen molar-refractivity contribution in [3.05, 3.63) is 59.7 Å². The van der Waals surface area contributed by atoms with E-state index in [1.807, 2.05) is 38.1 Å². The van der Waals surface area contributed by atoms with Crippen molar-refractivity contribution in [1.82, 2.24) is 10.2 Å². The fourth-order valence-electron chi connectivity index (χ4n) is 2.67. The molecule has 2 rings (SSSR count). The molecule has 0 radical (unpaired) electrons. The van der Waals surface area contributed by atoms with Crippen LogP contribution in [0, 0.1) is 0 Å². The Hall–Kier alpha value is -2.34. The normalized spacial score (nSPS) is 11.4. The van der Waals surface area contributed by atoms with Gasteiger partial charge in [-0.05, 0) is 42.7 Å². The number of carbonyl (C=O) groups is 1. The second-order valence-electron chi connectivity index (χ2n) is 5.94. The average Bonchev–Trinajstić information content (AvgIpc) is 2.63. The molecular formula is C20H23F3N2O.